The molecule has 26 heavy (non-hydrogen) atoms. The van der Waals surface area contributed by atoms with Crippen LogP contribution in [0, 0.1) is 6.92 Å². The average molecular weight is 382 g/mol. The Balaban J connectivity index is 1.78. The van der Waals surface area contributed by atoms with Crippen LogP contribution in [0.4, 0.5) is 13.2 Å². The van der Waals surface area contributed by atoms with E-state index in [0.717, 1.165) is 9.75 Å². The van der Waals surface area contributed by atoms with Crippen molar-refractivity contribution >= 4 is 11.3 Å². The lowest BCUT2D eigenvalue weighted by Crippen LogP contribution is -2.22. The summed E-state index contributed by atoms with van der Waals surface area (Å²) in [5, 5.41) is 4.27. The highest BCUT2D eigenvalue weighted by Gasteiger charge is 2.28. The molecule has 0 saturated heterocycles. The van der Waals surface area contributed by atoms with Gasteiger partial charge in [-0.3, -0.25) is 4.79 Å². The second-order valence-corrected chi connectivity index (χ2v) is 6.76. The molecule has 3 aromatic rings. The molecule has 0 aliphatic rings. The highest BCUT2D eigenvalue weighted by molar-refractivity contribution is 7.11. The molecule has 0 radical (unpaired) electrons. The third-order valence-corrected chi connectivity index (χ3v) is 4.24. The molecule has 0 saturated carbocycles. The summed E-state index contributed by atoms with van der Waals surface area (Å²) in [5.41, 5.74) is 0.631. The summed E-state index contributed by atoms with van der Waals surface area (Å²) in [4.78, 5) is 21.6. The van der Waals surface area contributed by atoms with Gasteiger partial charge in [0.1, 0.15) is 0 Å². The Bertz CT molecular complexity index is 951. The van der Waals surface area contributed by atoms with Crippen molar-refractivity contribution in [1.82, 2.24) is 19.7 Å². The number of aryl methyl sites for hydroxylation is 1. The van der Waals surface area contributed by atoms with E-state index in [-0.39, 0.29) is 11.6 Å². The van der Waals surface area contributed by atoms with E-state index in [9.17, 15) is 18.0 Å². The molecule has 3 heterocycles. The van der Waals surface area contributed by atoms with Crippen LogP contribution in [0.25, 0.3) is 11.3 Å². The van der Waals surface area contributed by atoms with E-state index >= 15 is 0 Å². The van der Waals surface area contributed by atoms with Gasteiger partial charge in [-0.1, -0.05) is 0 Å². The number of hydrogen-bond acceptors (Lipinski definition) is 6. The predicted molar refractivity (Wildman–Crippen MR) is 89.2 cm³/mol. The summed E-state index contributed by atoms with van der Waals surface area (Å²) in [6, 6.07) is 6.39. The molecule has 0 spiro atoms. The lowest BCUT2D eigenvalue weighted by Gasteiger charge is -2.08. The van der Waals surface area contributed by atoms with Gasteiger partial charge in [-0.15, -0.1) is 11.3 Å². The van der Waals surface area contributed by atoms with Crippen LogP contribution >= 0.6 is 11.3 Å². The maximum Gasteiger partial charge on any atom is 0.422 e. The molecule has 0 unspecified atom stereocenters. The number of rotatable bonds is 5. The van der Waals surface area contributed by atoms with Crippen molar-refractivity contribution in [2.24, 2.45) is 0 Å². The number of hydrogen-bond donors (Lipinski definition) is 0. The SMILES string of the molecule is Cc1ccc(Cn2nc(-c3cnc(OCC(F)(F)F)nc3)ccc2=O)s1. The van der Waals surface area contributed by atoms with E-state index in [1.54, 1.807) is 11.3 Å². The van der Waals surface area contributed by atoms with Crippen molar-refractivity contribution in [3.8, 4) is 17.3 Å². The summed E-state index contributed by atoms with van der Waals surface area (Å²) in [6.07, 6.45) is -1.87. The van der Waals surface area contributed by atoms with Crippen molar-refractivity contribution in [2.75, 3.05) is 6.61 Å². The number of nitrogens with zero attached hydrogens (tertiary/aromatic N) is 4. The molecule has 0 aromatic carbocycles. The normalized spacial score (nSPS) is 11.5. The molecular weight excluding hydrogens is 369 g/mol. The number of thiophene rings is 1. The Kier molecular flexibility index (Phi) is 5.03. The summed E-state index contributed by atoms with van der Waals surface area (Å²) in [7, 11) is 0. The first-order valence-electron chi connectivity index (χ1n) is 7.45. The molecular formula is C16H13F3N4O2S. The molecule has 3 aromatic heterocycles. The lowest BCUT2D eigenvalue weighted by molar-refractivity contribution is -0.154. The molecule has 0 atom stereocenters. The summed E-state index contributed by atoms with van der Waals surface area (Å²) in [5.74, 6) is 0. The van der Waals surface area contributed by atoms with Gasteiger partial charge in [-0.2, -0.15) is 18.3 Å². The number of alkyl halides is 3. The van der Waals surface area contributed by atoms with Gasteiger partial charge in [0.25, 0.3) is 5.56 Å². The Morgan fingerprint density at radius 1 is 1.15 bits per heavy atom. The van der Waals surface area contributed by atoms with Crippen LogP contribution in [0.2, 0.25) is 0 Å². The van der Waals surface area contributed by atoms with E-state index in [1.807, 2.05) is 19.1 Å². The molecule has 0 aliphatic heterocycles. The van der Waals surface area contributed by atoms with Gasteiger partial charge in [0.05, 0.1) is 12.2 Å². The monoisotopic (exact) mass is 382 g/mol. The van der Waals surface area contributed by atoms with Crippen molar-refractivity contribution in [3.05, 3.63) is 56.8 Å². The van der Waals surface area contributed by atoms with Gasteiger partial charge in [0.2, 0.25) is 0 Å². The first-order valence-corrected chi connectivity index (χ1v) is 8.27. The van der Waals surface area contributed by atoms with E-state index in [2.05, 4.69) is 19.8 Å². The van der Waals surface area contributed by atoms with Crippen molar-refractivity contribution in [3.63, 3.8) is 0 Å². The maximum atomic E-state index is 12.1. The van der Waals surface area contributed by atoms with Crippen LogP contribution in [-0.2, 0) is 6.54 Å². The third kappa shape index (κ3) is 4.66. The fourth-order valence-corrected chi connectivity index (χ4v) is 2.98. The topological polar surface area (TPSA) is 69.9 Å². The first-order chi connectivity index (χ1) is 12.3. The molecule has 3 rings (SSSR count). The highest BCUT2D eigenvalue weighted by atomic mass is 32.1. The average Bonchev–Trinajstić information content (AvgIpc) is 3.00. The molecule has 136 valence electrons. The largest absolute Gasteiger partial charge is 0.454 e. The third-order valence-electron chi connectivity index (χ3n) is 3.26. The summed E-state index contributed by atoms with van der Waals surface area (Å²) in [6.45, 7) is 0.842. The molecule has 0 fully saturated rings. The quantitative estimate of drug-likeness (QED) is 0.678. The Morgan fingerprint density at radius 3 is 2.50 bits per heavy atom. The van der Waals surface area contributed by atoms with Gasteiger partial charge in [0.15, 0.2) is 6.61 Å². The van der Waals surface area contributed by atoms with Crippen LogP contribution in [0.1, 0.15) is 9.75 Å². The molecule has 0 aliphatic carbocycles. The minimum absolute atomic E-state index is 0.258. The fraction of sp³-hybridized carbons (Fsp3) is 0.250. The first kappa shape index (κ1) is 18.1. The van der Waals surface area contributed by atoms with E-state index in [4.69, 9.17) is 0 Å². The van der Waals surface area contributed by atoms with E-state index in [0.29, 0.717) is 17.8 Å². The number of ether oxygens (including phenoxy) is 1. The Labute approximate surface area is 149 Å². The zero-order valence-electron chi connectivity index (χ0n) is 13.5. The molecule has 0 amide bonds. The second-order valence-electron chi connectivity index (χ2n) is 5.38. The van der Waals surface area contributed by atoms with Gasteiger partial charge in [0, 0.05) is 33.8 Å². The van der Waals surface area contributed by atoms with Crippen LogP contribution in [0.5, 0.6) is 6.01 Å². The fourth-order valence-electron chi connectivity index (χ4n) is 2.10. The zero-order chi connectivity index (χ0) is 18.7. The zero-order valence-corrected chi connectivity index (χ0v) is 14.3. The summed E-state index contributed by atoms with van der Waals surface area (Å²) < 4.78 is 42.2. The predicted octanol–water partition coefficient (Wildman–Crippen LogP) is 3.06. The van der Waals surface area contributed by atoms with E-state index < -0.39 is 12.8 Å². The minimum Gasteiger partial charge on any atom is -0.454 e. The minimum atomic E-state index is -4.46. The van der Waals surface area contributed by atoms with Crippen LogP contribution in [-0.4, -0.2) is 32.5 Å². The Hall–Kier alpha value is -2.75. The Morgan fingerprint density at radius 2 is 1.88 bits per heavy atom. The standard InChI is InChI=1S/C16H13F3N4O2S/c1-10-2-3-12(26-10)8-23-14(24)5-4-13(22-23)11-6-20-15(21-7-11)25-9-16(17,18)19/h2-7H,8-9H2,1H3. The summed E-state index contributed by atoms with van der Waals surface area (Å²) >= 11 is 1.57. The second kappa shape index (κ2) is 7.24. The number of halogens is 3. The molecule has 10 heteroatoms. The van der Waals surface area contributed by atoms with E-state index in [1.165, 1.54) is 29.2 Å². The van der Waals surface area contributed by atoms with Crippen molar-refractivity contribution < 1.29 is 17.9 Å². The maximum absolute atomic E-state index is 12.1. The molecule has 6 nitrogen and oxygen atoms in total. The van der Waals surface area contributed by atoms with Gasteiger partial charge in [-0.25, -0.2) is 14.6 Å². The number of aromatic nitrogens is 4. The van der Waals surface area contributed by atoms with Crippen molar-refractivity contribution in [2.45, 2.75) is 19.6 Å². The van der Waals surface area contributed by atoms with Crippen LogP contribution in [0.3, 0.4) is 0 Å². The van der Waals surface area contributed by atoms with Gasteiger partial charge >= 0.3 is 12.2 Å². The lowest BCUT2D eigenvalue weighted by atomic mass is 10.2. The molecule has 0 N–H and O–H groups in total. The molecule has 0 bridgehead atoms. The van der Waals surface area contributed by atoms with Crippen molar-refractivity contribution in [1.29, 1.82) is 0 Å². The highest BCUT2D eigenvalue weighted by Crippen LogP contribution is 2.19. The van der Waals surface area contributed by atoms with Crippen LogP contribution in [0.15, 0.2) is 41.5 Å². The van der Waals surface area contributed by atoms with Gasteiger partial charge in [-0.05, 0) is 25.1 Å². The van der Waals surface area contributed by atoms with Crippen LogP contribution < -0.4 is 10.3 Å². The smallest absolute Gasteiger partial charge is 0.422 e. The van der Waals surface area contributed by atoms with Gasteiger partial charge < -0.3 is 4.74 Å².